The Morgan fingerprint density at radius 2 is 2.44 bits per heavy atom. The van der Waals surface area contributed by atoms with Crippen molar-refractivity contribution in [2.45, 2.75) is 20.0 Å². The van der Waals surface area contributed by atoms with E-state index in [1.165, 1.54) is 0 Å². The molecule has 88 valence electrons. The lowest BCUT2D eigenvalue weighted by atomic mass is 10.3. The molecule has 1 aliphatic rings. The zero-order chi connectivity index (χ0) is 11.4. The molecule has 1 aromatic heterocycles. The second-order valence-electron chi connectivity index (χ2n) is 4.02. The first kappa shape index (κ1) is 11.3. The Morgan fingerprint density at radius 3 is 3.19 bits per heavy atom. The largest absolute Gasteiger partial charge is 0.374 e. The Labute approximate surface area is 95.6 Å². The first-order valence-electron chi connectivity index (χ1n) is 5.62. The molecule has 1 unspecified atom stereocenters. The lowest BCUT2D eigenvalue weighted by Gasteiger charge is -2.24. The summed E-state index contributed by atoms with van der Waals surface area (Å²) >= 11 is 0. The van der Waals surface area contributed by atoms with Crippen LogP contribution >= 0.6 is 0 Å². The SMILES string of the molecule is Cc1cnc(C)c(NCC2CNCCO2)n1. The number of anilines is 1. The van der Waals surface area contributed by atoms with Gasteiger partial charge in [-0.15, -0.1) is 0 Å². The molecule has 0 radical (unpaired) electrons. The molecule has 1 atom stereocenters. The van der Waals surface area contributed by atoms with Crippen molar-refractivity contribution in [3.63, 3.8) is 0 Å². The van der Waals surface area contributed by atoms with E-state index in [2.05, 4.69) is 20.6 Å². The van der Waals surface area contributed by atoms with Crippen molar-refractivity contribution in [1.29, 1.82) is 0 Å². The molecule has 0 spiro atoms. The van der Waals surface area contributed by atoms with Crippen molar-refractivity contribution in [3.8, 4) is 0 Å². The maximum Gasteiger partial charge on any atom is 0.147 e. The molecule has 5 heteroatoms. The maximum absolute atomic E-state index is 5.60. The molecule has 1 saturated heterocycles. The number of morpholine rings is 1. The lowest BCUT2D eigenvalue weighted by Crippen LogP contribution is -2.42. The van der Waals surface area contributed by atoms with E-state index < -0.39 is 0 Å². The minimum Gasteiger partial charge on any atom is -0.374 e. The molecule has 0 saturated carbocycles. The number of aryl methyl sites for hydroxylation is 2. The van der Waals surface area contributed by atoms with Crippen molar-refractivity contribution >= 4 is 5.82 Å². The zero-order valence-electron chi connectivity index (χ0n) is 9.79. The van der Waals surface area contributed by atoms with Gasteiger partial charge in [-0.1, -0.05) is 0 Å². The van der Waals surface area contributed by atoms with Crippen molar-refractivity contribution in [2.75, 3.05) is 31.6 Å². The molecule has 2 N–H and O–H groups in total. The van der Waals surface area contributed by atoms with Crippen LogP contribution in [0.15, 0.2) is 6.20 Å². The second-order valence-corrected chi connectivity index (χ2v) is 4.02. The summed E-state index contributed by atoms with van der Waals surface area (Å²) in [5.41, 5.74) is 1.85. The van der Waals surface area contributed by atoms with E-state index in [4.69, 9.17) is 4.74 Å². The van der Waals surface area contributed by atoms with E-state index in [0.717, 1.165) is 43.4 Å². The standard InChI is InChI=1S/C11H18N4O/c1-8-5-13-9(2)11(15-8)14-7-10-6-12-3-4-16-10/h5,10,12H,3-4,6-7H2,1-2H3,(H,14,15). The summed E-state index contributed by atoms with van der Waals surface area (Å²) in [6.07, 6.45) is 1.99. The number of ether oxygens (including phenoxy) is 1. The predicted molar refractivity (Wildman–Crippen MR) is 62.6 cm³/mol. The Hall–Kier alpha value is -1.20. The summed E-state index contributed by atoms with van der Waals surface area (Å²) in [5, 5.41) is 6.58. The highest BCUT2D eigenvalue weighted by atomic mass is 16.5. The Balaban J connectivity index is 1.90. The van der Waals surface area contributed by atoms with Gasteiger partial charge in [0.25, 0.3) is 0 Å². The Kier molecular flexibility index (Phi) is 3.69. The summed E-state index contributed by atoms with van der Waals surface area (Å²) in [5.74, 6) is 0.856. The first-order valence-corrected chi connectivity index (χ1v) is 5.62. The van der Waals surface area contributed by atoms with E-state index in [-0.39, 0.29) is 6.10 Å². The van der Waals surface area contributed by atoms with E-state index in [1.807, 2.05) is 13.8 Å². The topological polar surface area (TPSA) is 59.1 Å². The number of hydrogen-bond acceptors (Lipinski definition) is 5. The van der Waals surface area contributed by atoms with Crippen LogP contribution in [-0.2, 0) is 4.74 Å². The van der Waals surface area contributed by atoms with Gasteiger partial charge in [0, 0.05) is 25.8 Å². The van der Waals surface area contributed by atoms with Crippen molar-refractivity contribution in [2.24, 2.45) is 0 Å². The van der Waals surface area contributed by atoms with Gasteiger partial charge in [0.1, 0.15) is 5.82 Å². The summed E-state index contributed by atoms with van der Waals surface area (Å²) < 4.78 is 5.60. The van der Waals surface area contributed by atoms with Gasteiger partial charge in [-0.3, -0.25) is 4.98 Å². The molecule has 2 heterocycles. The molecule has 1 aliphatic heterocycles. The molecule has 2 rings (SSSR count). The van der Waals surface area contributed by atoms with Crippen LogP contribution in [0.5, 0.6) is 0 Å². The van der Waals surface area contributed by atoms with Gasteiger partial charge in [-0.25, -0.2) is 4.98 Å². The Morgan fingerprint density at radius 1 is 1.56 bits per heavy atom. The Bertz CT molecular complexity index is 350. The van der Waals surface area contributed by atoms with Crippen molar-refractivity contribution < 1.29 is 4.74 Å². The van der Waals surface area contributed by atoms with Gasteiger partial charge in [-0.05, 0) is 13.8 Å². The fraction of sp³-hybridized carbons (Fsp3) is 0.636. The fourth-order valence-electron chi connectivity index (χ4n) is 1.67. The fourth-order valence-corrected chi connectivity index (χ4v) is 1.67. The number of rotatable bonds is 3. The number of nitrogens with zero attached hydrogens (tertiary/aromatic N) is 2. The highest BCUT2D eigenvalue weighted by Gasteiger charge is 2.13. The average Bonchev–Trinajstić information content (AvgIpc) is 2.32. The summed E-state index contributed by atoms with van der Waals surface area (Å²) in [4.78, 5) is 8.67. The molecule has 16 heavy (non-hydrogen) atoms. The van der Waals surface area contributed by atoms with Crippen LogP contribution in [-0.4, -0.2) is 42.3 Å². The number of hydrogen-bond donors (Lipinski definition) is 2. The third-order valence-electron chi connectivity index (χ3n) is 2.58. The monoisotopic (exact) mass is 222 g/mol. The third kappa shape index (κ3) is 2.90. The van der Waals surface area contributed by atoms with Crippen LogP contribution < -0.4 is 10.6 Å². The molecule has 0 aliphatic carbocycles. The molecule has 5 nitrogen and oxygen atoms in total. The minimum absolute atomic E-state index is 0.218. The average molecular weight is 222 g/mol. The van der Waals surface area contributed by atoms with Gasteiger partial charge < -0.3 is 15.4 Å². The van der Waals surface area contributed by atoms with Gasteiger partial charge in [-0.2, -0.15) is 0 Å². The predicted octanol–water partition coefficient (Wildman–Crippen LogP) is 0.494. The van der Waals surface area contributed by atoms with Crippen LogP contribution in [0, 0.1) is 13.8 Å². The van der Waals surface area contributed by atoms with E-state index in [9.17, 15) is 0 Å². The van der Waals surface area contributed by atoms with Gasteiger partial charge in [0.05, 0.1) is 24.1 Å². The van der Waals surface area contributed by atoms with Crippen LogP contribution in [0.25, 0.3) is 0 Å². The van der Waals surface area contributed by atoms with E-state index in [0.29, 0.717) is 0 Å². The van der Waals surface area contributed by atoms with Gasteiger partial charge in [0.15, 0.2) is 0 Å². The van der Waals surface area contributed by atoms with Crippen molar-refractivity contribution in [1.82, 2.24) is 15.3 Å². The number of nitrogens with one attached hydrogen (secondary N) is 2. The third-order valence-corrected chi connectivity index (χ3v) is 2.58. The normalized spacial score (nSPS) is 20.8. The first-order chi connectivity index (χ1) is 7.75. The highest BCUT2D eigenvalue weighted by molar-refractivity contribution is 5.39. The molecule has 0 bridgehead atoms. The van der Waals surface area contributed by atoms with Crippen LogP contribution in [0.3, 0.4) is 0 Å². The maximum atomic E-state index is 5.60. The summed E-state index contributed by atoms with van der Waals surface area (Å²) in [7, 11) is 0. The van der Waals surface area contributed by atoms with E-state index >= 15 is 0 Å². The van der Waals surface area contributed by atoms with Crippen LogP contribution in [0.1, 0.15) is 11.4 Å². The summed E-state index contributed by atoms with van der Waals surface area (Å²) in [6, 6.07) is 0. The molecule has 1 aromatic rings. The van der Waals surface area contributed by atoms with Crippen molar-refractivity contribution in [3.05, 3.63) is 17.6 Å². The smallest absolute Gasteiger partial charge is 0.147 e. The zero-order valence-corrected chi connectivity index (χ0v) is 9.79. The van der Waals surface area contributed by atoms with Gasteiger partial charge >= 0.3 is 0 Å². The minimum atomic E-state index is 0.218. The quantitative estimate of drug-likeness (QED) is 0.779. The lowest BCUT2D eigenvalue weighted by molar-refractivity contribution is 0.0372. The summed E-state index contributed by atoms with van der Waals surface area (Å²) in [6.45, 7) is 7.28. The molecule has 0 aromatic carbocycles. The highest BCUT2D eigenvalue weighted by Crippen LogP contribution is 2.09. The second kappa shape index (κ2) is 5.23. The van der Waals surface area contributed by atoms with Gasteiger partial charge in [0.2, 0.25) is 0 Å². The molecular weight excluding hydrogens is 204 g/mol. The molecule has 1 fully saturated rings. The number of aromatic nitrogens is 2. The van der Waals surface area contributed by atoms with Crippen LogP contribution in [0.4, 0.5) is 5.82 Å². The molecular formula is C11H18N4O. The molecule has 0 amide bonds. The van der Waals surface area contributed by atoms with Crippen LogP contribution in [0.2, 0.25) is 0 Å². The van der Waals surface area contributed by atoms with E-state index in [1.54, 1.807) is 6.20 Å².